The van der Waals surface area contributed by atoms with Crippen LogP contribution in [0.5, 0.6) is 0 Å². The Labute approximate surface area is 103 Å². The van der Waals surface area contributed by atoms with Crippen LogP contribution in [-0.4, -0.2) is 22.2 Å². The van der Waals surface area contributed by atoms with Gasteiger partial charge in [0.2, 0.25) is 5.91 Å². The zero-order valence-corrected chi connectivity index (χ0v) is 10.2. The smallest absolute Gasteiger partial charge is 0.303 e. The minimum atomic E-state index is -0.867. The van der Waals surface area contributed by atoms with Crippen molar-refractivity contribution in [1.82, 2.24) is 0 Å². The Balaban J connectivity index is 2.14. The number of carboxylic acid groups (broad SMARTS) is 1. The summed E-state index contributed by atoms with van der Waals surface area (Å²) < 4.78 is 0. The largest absolute Gasteiger partial charge is 0.481 e. The standard InChI is InChI=1S/C12H13NO3S/c1-7-2-3-8-10(6-7)17-9(12(16)13-8)4-5-11(14)15/h2-3,6,9H,4-5H2,1H3,(H,13,16)(H,14,15). The maximum absolute atomic E-state index is 11.7. The quantitative estimate of drug-likeness (QED) is 0.864. The maximum atomic E-state index is 11.7. The molecular formula is C12H13NO3S. The van der Waals surface area contributed by atoms with Gasteiger partial charge in [-0.3, -0.25) is 9.59 Å². The van der Waals surface area contributed by atoms with E-state index in [1.165, 1.54) is 11.8 Å². The number of fused-ring (bicyclic) bond motifs is 1. The molecule has 2 rings (SSSR count). The summed E-state index contributed by atoms with van der Waals surface area (Å²) in [7, 11) is 0. The summed E-state index contributed by atoms with van der Waals surface area (Å²) in [5, 5.41) is 11.1. The number of nitrogens with one attached hydrogen (secondary N) is 1. The summed E-state index contributed by atoms with van der Waals surface area (Å²) in [6.45, 7) is 1.99. The van der Waals surface area contributed by atoms with E-state index in [4.69, 9.17) is 5.11 Å². The fourth-order valence-electron chi connectivity index (χ4n) is 1.69. The number of aliphatic carboxylic acids is 1. The zero-order valence-electron chi connectivity index (χ0n) is 9.40. The molecule has 5 heteroatoms. The predicted octanol–water partition coefficient (Wildman–Crippen LogP) is 2.27. The third-order valence-electron chi connectivity index (χ3n) is 2.58. The van der Waals surface area contributed by atoms with E-state index in [9.17, 15) is 9.59 Å². The van der Waals surface area contributed by atoms with Crippen LogP contribution in [0.15, 0.2) is 23.1 Å². The van der Waals surface area contributed by atoms with Crippen molar-refractivity contribution in [2.24, 2.45) is 0 Å². The number of benzene rings is 1. The predicted molar refractivity (Wildman–Crippen MR) is 66.3 cm³/mol. The number of anilines is 1. The Morgan fingerprint density at radius 3 is 3.00 bits per heavy atom. The van der Waals surface area contributed by atoms with Gasteiger partial charge in [0, 0.05) is 11.3 Å². The number of aryl methyl sites for hydroxylation is 1. The van der Waals surface area contributed by atoms with Crippen molar-refractivity contribution >= 4 is 29.3 Å². The summed E-state index contributed by atoms with van der Waals surface area (Å²) in [5.74, 6) is -0.971. The molecule has 0 spiro atoms. The number of hydrogen-bond acceptors (Lipinski definition) is 3. The van der Waals surface area contributed by atoms with Gasteiger partial charge in [0.25, 0.3) is 0 Å². The summed E-state index contributed by atoms with van der Waals surface area (Å²) in [5.41, 5.74) is 1.95. The molecule has 1 aliphatic heterocycles. The van der Waals surface area contributed by atoms with Crippen molar-refractivity contribution in [2.45, 2.75) is 29.9 Å². The molecule has 1 unspecified atom stereocenters. The minimum absolute atomic E-state index is 0.0201. The molecule has 1 heterocycles. The van der Waals surface area contributed by atoms with Crippen molar-refractivity contribution in [3.05, 3.63) is 23.8 Å². The first kappa shape index (κ1) is 12.0. The molecule has 0 radical (unpaired) electrons. The number of hydrogen-bond donors (Lipinski definition) is 2. The molecule has 0 bridgehead atoms. The average Bonchev–Trinajstić information content (AvgIpc) is 2.26. The molecule has 1 aromatic rings. The Morgan fingerprint density at radius 1 is 1.53 bits per heavy atom. The van der Waals surface area contributed by atoms with E-state index >= 15 is 0 Å². The van der Waals surface area contributed by atoms with Gasteiger partial charge in [-0.2, -0.15) is 0 Å². The Bertz CT molecular complexity index is 473. The molecule has 4 nitrogen and oxygen atoms in total. The van der Waals surface area contributed by atoms with Gasteiger partial charge in [-0.25, -0.2) is 0 Å². The third kappa shape index (κ3) is 2.79. The van der Waals surface area contributed by atoms with Crippen LogP contribution in [0.1, 0.15) is 18.4 Å². The van der Waals surface area contributed by atoms with E-state index in [2.05, 4.69) is 5.32 Å². The van der Waals surface area contributed by atoms with Crippen molar-refractivity contribution in [3.63, 3.8) is 0 Å². The molecule has 0 saturated heterocycles. The fraction of sp³-hybridized carbons (Fsp3) is 0.333. The van der Waals surface area contributed by atoms with Crippen LogP contribution in [0.3, 0.4) is 0 Å². The molecule has 0 fully saturated rings. The third-order valence-corrected chi connectivity index (χ3v) is 3.90. The summed E-state index contributed by atoms with van der Waals surface area (Å²) >= 11 is 1.45. The van der Waals surface area contributed by atoms with E-state index in [-0.39, 0.29) is 17.6 Å². The van der Waals surface area contributed by atoms with Crippen molar-refractivity contribution in [1.29, 1.82) is 0 Å². The molecule has 0 aromatic heterocycles. The van der Waals surface area contributed by atoms with Gasteiger partial charge >= 0.3 is 5.97 Å². The molecular weight excluding hydrogens is 238 g/mol. The van der Waals surface area contributed by atoms with Crippen LogP contribution < -0.4 is 5.32 Å². The monoisotopic (exact) mass is 251 g/mol. The van der Waals surface area contributed by atoms with Gasteiger partial charge in [0.05, 0.1) is 10.9 Å². The summed E-state index contributed by atoms with van der Waals surface area (Å²) in [6.07, 6.45) is 0.380. The van der Waals surface area contributed by atoms with E-state index in [1.807, 2.05) is 25.1 Å². The first-order valence-electron chi connectivity index (χ1n) is 5.36. The molecule has 0 aliphatic carbocycles. The second-order valence-corrected chi connectivity index (χ2v) is 5.27. The van der Waals surface area contributed by atoms with Crippen molar-refractivity contribution in [3.8, 4) is 0 Å². The highest BCUT2D eigenvalue weighted by Crippen LogP contribution is 2.37. The Morgan fingerprint density at radius 2 is 2.29 bits per heavy atom. The van der Waals surface area contributed by atoms with Gasteiger partial charge in [-0.15, -0.1) is 11.8 Å². The number of rotatable bonds is 3. The number of carboxylic acids is 1. The second-order valence-electron chi connectivity index (χ2n) is 4.03. The van der Waals surface area contributed by atoms with Gasteiger partial charge < -0.3 is 10.4 Å². The van der Waals surface area contributed by atoms with Gasteiger partial charge in [-0.1, -0.05) is 6.07 Å². The van der Waals surface area contributed by atoms with Crippen LogP contribution in [0.25, 0.3) is 0 Å². The average molecular weight is 251 g/mol. The topological polar surface area (TPSA) is 66.4 Å². The van der Waals surface area contributed by atoms with Crippen LogP contribution in [0, 0.1) is 6.92 Å². The van der Waals surface area contributed by atoms with Crippen molar-refractivity contribution < 1.29 is 14.7 Å². The Kier molecular flexibility index (Phi) is 3.38. The highest BCUT2D eigenvalue weighted by atomic mass is 32.2. The first-order chi connectivity index (χ1) is 8.06. The summed E-state index contributed by atoms with van der Waals surface area (Å²) in [6, 6.07) is 5.83. The minimum Gasteiger partial charge on any atom is -0.481 e. The second kappa shape index (κ2) is 4.79. The van der Waals surface area contributed by atoms with Crippen LogP contribution in [0.4, 0.5) is 5.69 Å². The lowest BCUT2D eigenvalue weighted by molar-refractivity contribution is -0.137. The maximum Gasteiger partial charge on any atom is 0.303 e. The highest BCUT2D eigenvalue weighted by Gasteiger charge is 2.27. The van der Waals surface area contributed by atoms with Crippen molar-refractivity contribution in [2.75, 3.05) is 5.32 Å². The first-order valence-corrected chi connectivity index (χ1v) is 6.24. The molecule has 2 N–H and O–H groups in total. The molecule has 0 saturated carbocycles. The summed E-state index contributed by atoms with van der Waals surface area (Å²) in [4.78, 5) is 23.3. The number of amides is 1. The molecule has 1 amide bonds. The lowest BCUT2D eigenvalue weighted by Crippen LogP contribution is -2.29. The molecule has 1 aliphatic rings. The van der Waals surface area contributed by atoms with E-state index < -0.39 is 5.97 Å². The molecule has 17 heavy (non-hydrogen) atoms. The number of carbonyl (C=O) groups is 2. The number of thioether (sulfide) groups is 1. The van der Waals surface area contributed by atoms with Crippen LogP contribution in [-0.2, 0) is 9.59 Å². The van der Waals surface area contributed by atoms with Gasteiger partial charge in [0.1, 0.15) is 0 Å². The number of carbonyl (C=O) groups excluding carboxylic acids is 1. The molecule has 1 aromatic carbocycles. The Hall–Kier alpha value is -1.49. The lowest BCUT2D eigenvalue weighted by Gasteiger charge is -2.23. The molecule has 1 atom stereocenters. The highest BCUT2D eigenvalue weighted by molar-refractivity contribution is 8.01. The van der Waals surface area contributed by atoms with Gasteiger partial charge in [0.15, 0.2) is 0 Å². The SMILES string of the molecule is Cc1ccc2c(c1)SC(CCC(=O)O)C(=O)N2. The van der Waals surface area contributed by atoms with Crippen LogP contribution in [0.2, 0.25) is 0 Å². The van der Waals surface area contributed by atoms with E-state index in [0.29, 0.717) is 6.42 Å². The fourth-order valence-corrected chi connectivity index (χ4v) is 2.90. The lowest BCUT2D eigenvalue weighted by atomic mass is 10.2. The van der Waals surface area contributed by atoms with Crippen LogP contribution >= 0.6 is 11.8 Å². The zero-order chi connectivity index (χ0) is 12.4. The van der Waals surface area contributed by atoms with E-state index in [0.717, 1.165) is 16.1 Å². The van der Waals surface area contributed by atoms with Gasteiger partial charge in [-0.05, 0) is 31.0 Å². The molecule has 90 valence electrons. The normalized spacial score (nSPS) is 18.4. The van der Waals surface area contributed by atoms with E-state index in [1.54, 1.807) is 0 Å².